The monoisotopic (exact) mass is 636 g/mol. The number of amides is 4. The Morgan fingerprint density at radius 2 is 1.61 bits per heavy atom. The second kappa shape index (κ2) is 15.4. The summed E-state index contributed by atoms with van der Waals surface area (Å²) >= 11 is 0. The van der Waals surface area contributed by atoms with Gasteiger partial charge in [-0.3, -0.25) is 14.4 Å². The number of hydrogen-bond donors (Lipinski definition) is 3. The fraction of sp³-hybridized carbons (Fsp3) is 0.424. The molecule has 46 heavy (non-hydrogen) atoms. The molecule has 1 aromatic heterocycles. The normalized spacial score (nSPS) is 12.8. The molecule has 0 radical (unpaired) electrons. The predicted octanol–water partition coefficient (Wildman–Crippen LogP) is 3.51. The summed E-state index contributed by atoms with van der Waals surface area (Å²) in [5.41, 5.74) is -0.625. The number of nitrogens with zero attached hydrogens (tertiary/aromatic N) is 3. The maximum atomic E-state index is 13.5. The van der Waals surface area contributed by atoms with Gasteiger partial charge in [0.1, 0.15) is 29.0 Å². The number of carbonyl (C=O) groups excluding carboxylic acids is 4. The van der Waals surface area contributed by atoms with Gasteiger partial charge >= 0.3 is 6.09 Å². The summed E-state index contributed by atoms with van der Waals surface area (Å²) in [5, 5.41) is 7.93. The third kappa shape index (κ3) is 10.3. The molecule has 4 amide bonds. The van der Waals surface area contributed by atoms with E-state index in [-0.39, 0.29) is 24.9 Å². The number of likely N-dealkylation sites (N-methyl/N-ethyl adjacent to an activating group) is 1. The van der Waals surface area contributed by atoms with Crippen molar-refractivity contribution >= 4 is 29.6 Å². The molecule has 2 unspecified atom stereocenters. The van der Waals surface area contributed by atoms with Crippen LogP contribution in [0.3, 0.4) is 0 Å². The minimum Gasteiger partial charge on any atom is -0.497 e. The largest absolute Gasteiger partial charge is 0.497 e. The van der Waals surface area contributed by atoms with Crippen LogP contribution < -0.4 is 20.7 Å². The highest BCUT2D eigenvalue weighted by Crippen LogP contribution is 2.24. The van der Waals surface area contributed by atoms with E-state index in [9.17, 15) is 19.2 Å². The van der Waals surface area contributed by atoms with Crippen LogP contribution in [0, 0.1) is 0 Å². The lowest BCUT2D eigenvalue weighted by molar-refractivity contribution is -0.131. The van der Waals surface area contributed by atoms with Gasteiger partial charge in [-0.2, -0.15) is 0 Å². The number of carbonyl (C=O) groups is 4. The lowest BCUT2D eigenvalue weighted by Crippen LogP contribution is -2.59. The number of nitrogens with one attached hydrogen (secondary N) is 3. The van der Waals surface area contributed by atoms with Crippen molar-refractivity contribution < 1.29 is 33.4 Å². The number of ether oxygens (including phenoxy) is 3. The molecular formula is C33H44N6O7. The molecule has 0 aliphatic carbocycles. The van der Waals surface area contributed by atoms with Gasteiger partial charge in [0.05, 0.1) is 26.7 Å². The number of anilines is 1. The van der Waals surface area contributed by atoms with Crippen LogP contribution in [0.15, 0.2) is 67.1 Å². The first-order chi connectivity index (χ1) is 21.6. The molecule has 248 valence electrons. The van der Waals surface area contributed by atoms with Gasteiger partial charge in [-0.1, -0.05) is 42.5 Å². The Hall–Kier alpha value is -4.91. The molecule has 0 saturated carbocycles. The van der Waals surface area contributed by atoms with Crippen molar-refractivity contribution in [3.05, 3.63) is 78.2 Å². The van der Waals surface area contributed by atoms with Gasteiger partial charge in [-0.15, -0.1) is 0 Å². The second-order valence-corrected chi connectivity index (χ2v) is 12.4. The fourth-order valence-electron chi connectivity index (χ4n) is 4.23. The zero-order chi connectivity index (χ0) is 34.1. The lowest BCUT2D eigenvalue weighted by atomic mass is 10.0. The summed E-state index contributed by atoms with van der Waals surface area (Å²) in [6.07, 6.45) is 2.20. The number of rotatable bonds is 13. The maximum Gasteiger partial charge on any atom is 0.408 e. The molecule has 3 aromatic rings. The van der Waals surface area contributed by atoms with Crippen LogP contribution in [0.2, 0.25) is 0 Å². The van der Waals surface area contributed by atoms with Gasteiger partial charge < -0.3 is 39.6 Å². The van der Waals surface area contributed by atoms with Crippen molar-refractivity contribution in [1.82, 2.24) is 25.1 Å². The molecule has 0 fully saturated rings. The maximum absolute atomic E-state index is 13.5. The van der Waals surface area contributed by atoms with E-state index in [2.05, 4.69) is 20.9 Å². The Bertz CT molecular complexity index is 1480. The van der Waals surface area contributed by atoms with E-state index < -0.39 is 41.1 Å². The Balaban J connectivity index is 1.80. The Morgan fingerprint density at radius 1 is 0.957 bits per heavy atom. The van der Waals surface area contributed by atoms with Crippen molar-refractivity contribution in [2.24, 2.45) is 0 Å². The lowest BCUT2D eigenvalue weighted by Gasteiger charge is -2.29. The third-order valence-corrected chi connectivity index (χ3v) is 6.66. The second-order valence-electron chi connectivity index (χ2n) is 12.4. The zero-order valence-corrected chi connectivity index (χ0v) is 27.6. The molecule has 0 bridgehead atoms. The molecule has 0 aliphatic heterocycles. The van der Waals surface area contributed by atoms with Crippen molar-refractivity contribution in [1.29, 1.82) is 0 Å². The average molecular weight is 637 g/mol. The van der Waals surface area contributed by atoms with E-state index in [1.165, 1.54) is 31.3 Å². The molecule has 0 aliphatic rings. The van der Waals surface area contributed by atoms with Crippen molar-refractivity contribution in [2.75, 3.05) is 33.1 Å². The highest BCUT2D eigenvalue weighted by atomic mass is 16.6. The molecule has 0 spiro atoms. The summed E-state index contributed by atoms with van der Waals surface area (Å²) in [7, 11) is 4.87. The molecule has 3 N–H and O–H groups in total. The molecular weight excluding hydrogens is 592 g/mol. The van der Waals surface area contributed by atoms with Gasteiger partial charge in [0.15, 0.2) is 5.82 Å². The van der Waals surface area contributed by atoms with E-state index >= 15 is 0 Å². The molecule has 2 aromatic carbocycles. The molecule has 13 nitrogen and oxygen atoms in total. The van der Waals surface area contributed by atoms with Crippen LogP contribution in [0.25, 0.3) is 0 Å². The van der Waals surface area contributed by atoms with E-state index in [0.717, 1.165) is 5.56 Å². The minimum atomic E-state index is -1.43. The molecule has 1 heterocycles. The summed E-state index contributed by atoms with van der Waals surface area (Å²) in [5.74, 6) is -0.656. The van der Waals surface area contributed by atoms with Crippen LogP contribution >= 0.6 is 0 Å². The number of imidazole rings is 1. The first kappa shape index (κ1) is 35.6. The van der Waals surface area contributed by atoms with E-state index in [4.69, 9.17) is 14.2 Å². The first-order valence-electron chi connectivity index (χ1n) is 14.7. The molecule has 2 atom stereocenters. The van der Waals surface area contributed by atoms with Crippen molar-refractivity contribution in [3.8, 4) is 5.75 Å². The third-order valence-electron chi connectivity index (χ3n) is 6.66. The van der Waals surface area contributed by atoms with Gasteiger partial charge in [-0.25, -0.2) is 9.78 Å². The predicted molar refractivity (Wildman–Crippen MR) is 172 cm³/mol. The zero-order valence-electron chi connectivity index (χ0n) is 27.6. The summed E-state index contributed by atoms with van der Waals surface area (Å²) in [4.78, 5) is 58.2. The molecule has 3 rings (SSSR count). The topological polar surface area (TPSA) is 153 Å². The highest BCUT2D eigenvalue weighted by molar-refractivity contribution is 5.98. The number of methoxy groups -OCH3 is 1. The first-order valence-corrected chi connectivity index (χ1v) is 14.7. The Kier molecular flexibility index (Phi) is 11.9. The Labute approximate surface area is 269 Å². The van der Waals surface area contributed by atoms with Gasteiger partial charge in [0, 0.05) is 20.3 Å². The van der Waals surface area contributed by atoms with Crippen LogP contribution in [0.4, 0.5) is 10.6 Å². The number of aromatic nitrogens is 2. The van der Waals surface area contributed by atoms with Crippen molar-refractivity contribution in [2.45, 2.75) is 64.4 Å². The SMILES string of the molecule is COc1ccc(C(C(=O)N(C)C)n2cnc(NC(=O)C(COCc3ccccc3)NC(=O)C(C)(C)NC(=O)OC(C)(C)C)c2)cc1. The van der Waals surface area contributed by atoms with E-state index in [1.807, 2.05) is 30.3 Å². The summed E-state index contributed by atoms with van der Waals surface area (Å²) in [6, 6.07) is 14.5. The van der Waals surface area contributed by atoms with Crippen molar-refractivity contribution in [3.63, 3.8) is 0 Å². The summed E-state index contributed by atoms with van der Waals surface area (Å²) in [6.45, 7) is 8.14. The standard InChI is InChI=1S/C33H44N6O7/c1-32(2,3)46-31(43)37-33(4,5)30(42)35-25(20-45-19-22-12-10-9-11-13-22)28(40)36-26-18-39(21-34-26)27(29(41)38(6)7)23-14-16-24(44-8)17-15-23/h9-18,21,25,27H,19-20H2,1-8H3,(H,35,42)(H,36,40)(H,37,43). The smallest absolute Gasteiger partial charge is 0.408 e. The minimum absolute atomic E-state index is 0.156. The molecule has 0 saturated heterocycles. The number of benzene rings is 2. The average Bonchev–Trinajstić information content (AvgIpc) is 3.43. The van der Waals surface area contributed by atoms with Crippen LogP contribution in [0.1, 0.15) is 51.8 Å². The summed E-state index contributed by atoms with van der Waals surface area (Å²) < 4.78 is 17.9. The quantitative estimate of drug-likeness (QED) is 0.258. The van der Waals surface area contributed by atoms with Crippen LogP contribution in [-0.4, -0.2) is 83.3 Å². The van der Waals surface area contributed by atoms with Crippen LogP contribution in [0.5, 0.6) is 5.75 Å². The van der Waals surface area contributed by atoms with Gasteiger partial charge in [0.25, 0.3) is 5.91 Å². The number of hydrogen-bond acceptors (Lipinski definition) is 8. The fourth-order valence-corrected chi connectivity index (χ4v) is 4.23. The highest BCUT2D eigenvalue weighted by Gasteiger charge is 2.35. The van der Waals surface area contributed by atoms with Gasteiger partial charge in [0.2, 0.25) is 11.8 Å². The van der Waals surface area contributed by atoms with E-state index in [1.54, 1.807) is 70.8 Å². The van der Waals surface area contributed by atoms with Gasteiger partial charge in [-0.05, 0) is 57.9 Å². The number of alkyl carbamates (subject to hydrolysis) is 1. The van der Waals surface area contributed by atoms with Crippen LogP contribution in [-0.2, 0) is 30.5 Å². The van der Waals surface area contributed by atoms with E-state index in [0.29, 0.717) is 11.3 Å². The molecule has 13 heteroatoms. The Morgan fingerprint density at radius 3 is 2.20 bits per heavy atom.